The van der Waals surface area contributed by atoms with Gasteiger partial charge in [-0.05, 0) is 74.6 Å². The summed E-state index contributed by atoms with van der Waals surface area (Å²) in [6.07, 6.45) is -0.384. The van der Waals surface area contributed by atoms with Gasteiger partial charge in [0.15, 0.2) is 0 Å². The van der Waals surface area contributed by atoms with E-state index in [2.05, 4.69) is 16.0 Å². The van der Waals surface area contributed by atoms with Crippen LogP contribution < -0.4 is 16.0 Å². The van der Waals surface area contributed by atoms with E-state index in [1.54, 1.807) is 18.2 Å². The molecule has 4 aromatic carbocycles. The van der Waals surface area contributed by atoms with Crippen LogP contribution in [0.1, 0.15) is 74.5 Å². The van der Waals surface area contributed by atoms with Gasteiger partial charge in [-0.15, -0.1) is 0 Å². The highest BCUT2D eigenvalue weighted by atomic mass is 16.3. The molecule has 6 nitrogen and oxygen atoms in total. The molecule has 0 saturated carbocycles. The number of benzene rings is 4. The highest BCUT2D eigenvalue weighted by Crippen LogP contribution is 2.17. The molecule has 42 heavy (non-hydrogen) atoms. The maximum absolute atomic E-state index is 13.5. The lowest BCUT2D eigenvalue weighted by molar-refractivity contribution is 0.0825. The Bertz CT molecular complexity index is 1460. The van der Waals surface area contributed by atoms with Crippen LogP contribution in [0.3, 0.4) is 0 Å². The summed E-state index contributed by atoms with van der Waals surface area (Å²) in [5, 5.41) is 20.7. The molecule has 4 aromatic rings. The fourth-order valence-electron chi connectivity index (χ4n) is 4.97. The fourth-order valence-corrected chi connectivity index (χ4v) is 4.97. The van der Waals surface area contributed by atoms with Crippen LogP contribution in [-0.2, 0) is 6.42 Å². The second-order valence-corrected chi connectivity index (χ2v) is 11.1. The molecule has 0 unspecified atom stereocenters. The van der Waals surface area contributed by atoms with Crippen LogP contribution in [0.2, 0.25) is 0 Å². The van der Waals surface area contributed by atoms with Crippen LogP contribution in [0.25, 0.3) is 0 Å². The number of aliphatic hydroxyl groups is 1. The van der Waals surface area contributed by atoms with Crippen LogP contribution in [0.5, 0.6) is 0 Å². The van der Waals surface area contributed by atoms with Crippen molar-refractivity contribution < 1.29 is 14.7 Å². The van der Waals surface area contributed by atoms with E-state index >= 15 is 0 Å². The molecule has 218 valence electrons. The monoisotopic (exact) mass is 563 g/mol. The Morgan fingerprint density at radius 1 is 0.667 bits per heavy atom. The first-order chi connectivity index (χ1) is 20.2. The number of carbonyl (C=O) groups excluding carboxylic acids is 2. The zero-order valence-corrected chi connectivity index (χ0v) is 24.8. The average Bonchev–Trinajstić information content (AvgIpc) is 3.00. The van der Waals surface area contributed by atoms with E-state index in [4.69, 9.17) is 0 Å². The van der Waals surface area contributed by atoms with E-state index in [0.29, 0.717) is 24.1 Å². The van der Waals surface area contributed by atoms with Crippen LogP contribution in [0.4, 0.5) is 0 Å². The van der Waals surface area contributed by atoms with Gasteiger partial charge in [0.25, 0.3) is 11.8 Å². The van der Waals surface area contributed by atoms with Crippen molar-refractivity contribution >= 4 is 11.8 Å². The molecule has 0 aliphatic heterocycles. The number of nitrogens with one attached hydrogen (secondary N) is 3. The first-order valence-electron chi connectivity index (χ1n) is 14.5. The van der Waals surface area contributed by atoms with Crippen LogP contribution in [0.15, 0.2) is 103 Å². The Hall–Kier alpha value is -4.26. The lowest BCUT2D eigenvalue weighted by Gasteiger charge is -2.26. The molecule has 0 bridgehead atoms. The summed E-state index contributed by atoms with van der Waals surface area (Å²) in [7, 11) is 0. The van der Waals surface area contributed by atoms with Gasteiger partial charge in [-0.2, -0.15) is 0 Å². The molecule has 0 radical (unpaired) electrons. The average molecular weight is 564 g/mol. The predicted octanol–water partition coefficient (Wildman–Crippen LogP) is 5.85. The molecule has 0 aliphatic rings. The molecular formula is C36H41N3O3. The van der Waals surface area contributed by atoms with E-state index in [0.717, 1.165) is 27.8 Å². The highest BCUT2D eigenvalue weighted by molar-refractivity contribution is 6.00. The van der Waals surface area contributed by atoms with Gasteiger partial charge in [-0.1, -0.05) is 90.5 Å². The molecule has 0 fully saturated rings. The summed E-state index contributed by atoms with van der Waals surface area (Å²) in [6, 6.07) is 32.3. The third-order valence-corrected chi connectivity index (χ3v) is 7.54. The minimum absolute atomic E-state index is 0.0362. The first-order valence-corrected chi connectivity index (χ1v) is 14.5. The summed E-state index contributed by atoms with van der Waals surface area (Å²) < 4.78 is 0. The number of hydrogen-bond acceptors (Lipinski definition) is 4. The normalized spacial score (nSPS) is 13.9. The van der Waals surface area contributed by atoms with Gasteiger partial charge in [-0.25, -0.2) is 0 Å². The summed E-state index contributed by atoms with van der Waals surface area (Å²) in [5.74, 6) is -0.587. The Morgan fingerprint density at radius 3 is 1.83 bits per heavy atom. The molecule has 2 amide bonds. The van der Waals surface area contributed by atoms with Crippen molar-refractivity contribution in [3.8, 4) is 0 Å². The second kappa shape index (κ2) is 14.6. The van der Waals surface area contributed by atoms with Gasteiger partial charge >= 0.3 is 0 Å². The molecule has 0 spiro atoms. The van der Waals surface area contributed by atoms with Crippen LogP contribution in [-0.4, -0.2) is 35.6 Å². The first kappa shape index (κ1) is 30.7. The molecule has 0 saturated heterocycles. The van der Waals surface area contributed by atoms with Gasteiger partial charge in [0.05, 0.1) is 18.2 Å². The van der Waals surface area contributed by atoms with Crippen LogP contribution >= 0.6 is 0 Å². The minimum atomic E-state index is -0.844. The molecule has 6 heteroatoms. The zero-order valence-electron chi connectivity index (χ0n) is 24.8. The minimum Gasteiger partial charge on any atom is -0.390 e. The van der Waals surface area contributed by atoms with E-state index in [1.165, 1.54) is 0 Å². The third-order valence-electron chi connectivity index (χ3n) is 7.54. The van der Waals surface area contributed by atoms with Crippen molar-refractivity contribution in [3.63, 3.8) is 0 Å². The lowest BCUT2D eigenvalue weighted by Crippen LogP contribution is -2.49. The number of aliphatic hydroxyl groups excluding tert-OH is 1. The van der Waals surface area contributed by atoms with E-state index in [1.807, 2.05) is 113 Å². The van der Waals surface area contributed by atoms with Gasteiger partial charge < -0.3 is 21.1 Å². The summed E-state index contributed by atoms with van der Waals surface area (Å²) in [6.45, 7) is 8.17. The maximum Gasteiger partial charge on any atom is 0.251 e. The summed E-state index contributed by atoms with van der Waals surface area (Å²) in [4.78, 5) is 26.7. The SMILES string of the molecule is Cc1ccc([C@H](C)NC(=O)c2cc(C)cc(C(=O)N[C@@H](Cc3ccccc3)[C@H](O)CN[C@@H](C)c3ccccc3)c2)cc1. The van der Waals surface area contributed by atoms with Gasteiger partial charge in [0.1, 0.15) is 0 Å². The highest BCUT2D eigenvalue weighted by Gasteiger charge is 2.24. The van der Waals surface area contributed by atoms with E-state index < -0.39 is 12.1 Å². The number of hydrogen-bond donors (Lipinski definition) is 4. The van der Waals surface area contributed by atoms with Crippen molar-refractivity contribution in [3.05, 3.63) is 142 Å². The number of aryl methyl sites for hydroxylation is 2. The van der Waals surface area contributed by atoms with Crippen molar-refractivity contribution in [2.24, 2.45) is 0 Å². The molecule has 4 rings (SSSR count). The van der Waals surface area contributed by atoms with Crippen LogP contribution in [0, 0.1) is 13.8 Å². The largest absolute Gasteiger partial charge is 0.390 e. The molecule has 0 heterocycles. The second-order valence-electron chi connectivity index (χ2n) is 11.1. The van der Waals surface area contributed by atoms with E-state index in [-0.39, 0.29) is 23.9 Å². The lowest BCUT2D eigenvalue weighted by atomic mass is 9.99. The molecular weight excluding hydrogens is 522 g/mol. The topological polar surface area (TPSA) is 90.5 Å². The van der Waals surface area contributed by atoms with Crippen molar-refractivity contribution in [1.82, 2.24) is 16.0 Å². The molecule has 0 aliphatic carbocycles. The maximum atomic E-state index is 13.5. The third kappa shape index (κ3) is 8.62. The summed E-state index contributed by atoms with van der Waals surface area (Å²) in [5.41, 5.74) is 5.88. The molecule has 0 aromatic heterocycles. The smallest absolute Gasteiger partial charge is 0.251 e. The number of carbonyl (C=O) groups is 2. The zero-order chi connectivity index (χ0) is 30.1. The Balaban J connectivity index is 1.47. The van der Waals surface area contributed by atoms with Gasteiger partial charge in [0, 0.05) is 23.7 Å². The van der Waals surface area contributed by atoms with Crippen molar-refractivity contribution in [1.29, 1.82) is 0 Å². The van der Waals surface area contributed by atoms with Crippen molar-refractivity contribution in [2.75, 3.05) is 6.54 Å². The number of rotatable bonds is 12. The Labute approximate surface area is 249 Å². The fraction of sp³-hybridized carbons (Fsp3) is 0.278. The Kier molecular flexibility index (Phi) is 10.7. The number of amides is 2. The summed E-state index contributed by atoms with van der Waals surface area (Å²) >= 11 is 0. The molecule has 4 atom stereocenters. The molecule has 4 N–H and O–H groups in total. The quantitative estimate of drug-likeness (QED) is 0.174. The van der Waals surface area contributed by atoms with E-state index in [9.17, 15) is 14.7 Å². The Morgan fingerprint density at radius 2 is 1.21 bits per heavy atom. The standard InChI is InChI=1S/C36H41N3O3/c1-24-15-17-30(18-16-24)27(4)38-35(41)31-19-25(2)20-32(22-31)36(42)39-33(21-28-11-7-5-8-12-28)34(40)23-37-26(3)29-13-9-6-10-14-29/h5-20,22,26-27,33-34,37,40H,21,23H2,1-4H3,(H,38,41)(H,39,42)/t26-,27-,33-,34+/m0/s1. The predicted molar refractivity (Wildman–Crippen MR) is 169 cm³/mol. The van der Waals surface area contributed by atoms with Gasteiger partial charge in [-0.3, -0.25) is 9.59 Å². The van der Waals surface area contributed by atoms with Crippen molar-refractivity contribution in [2.45, 2.75) is 58.3 Å². The van der Waals surface area contributed by atoms with Gasteiger partial charge in [0.2, 0.25) is 0 Å².